The summed E-state index contributed by atoms with van der Waals surface area (Å²) in [6.45, 7) is 2.12. The molecule has 6 nitrogen and oxygen atoms in total. The highest BCUT2D eigenvalue weighted by molar-refractivity contribution is 9.10. The number of nitrogens with zero attached hydrogens (tertiary/aromatic N) is 1. The predicted molar refractivity (Wildman–Crippen MR) is 103 cm³/mol. The fraction of sp³-hybridized carbons (Fsp3) is 0.278. The number of anilines is 1. The lowest BCUT2D eigenvalue weighted by Crippen LogP contribution is -2.43. The van der Waals surface area contributed by atoms with Gasteiger partial charge in [0.15, 0.2) is 0 Å². The van der Waals surface area contributed by atoms with E-state index >= 15 is 0 Å². The molecule has 0 radical (unpaired) electrons. The lowest BCUT2D eigenvalue weighted by Gasteiger charge is -2.23. The Morgan fingerprint density at radius 3 is 2.58 bits per heavy atom. The zero-order valence-electron chi connectivity index (χ0n) is 14.1. The molecular formula is C18H19BrN2O4S. The van der Waals surface area contributed by atoms with E-state index in [4.69, 9.17) is 0 Å². The number of aromatic hydroxyl groups is 1. The van der Waals surface area contributed by atoms with Crippen LogP contribution in [0.4, 0.5) is 5.69 Å². The molecule has 0 spiro atoms. The molecule has 1 aliphatic heterocycles. The Balaban J connectivity index is 1.83. The van der Waals surface area contributed by atoms with E-state index in [1.54, 1.807) is 30.3 Å². The number of aryl methyl sites for hydroxylation is 1. The molecule has 26 heavy (non-hydrogen) atoms. The molecule has 2 aromatic rings. The Hall–Kier alpha value is -1.90. The summed E-state index contributed by atoms with van der Waals surface area (Å²) in [4.78, 5) is 12.8. The normalized spacial score (nSPS) is 18.0. The molecular weight excluding hydrogens is 420 g/mol. The molecule has 1 amide bonds. The minimum Gasteiger partial charge on any atom is -0.506 e. The Morgan fingerprint density at radius 1 is 1.23 bits per heavy atom. The molecule has 1 fully saturated rings. The first-order chi connectivity index (χ1) is 12.3. The zero-order valence-corrected chi connectivity index (χ0v) is 16.5. The van der Waals surface area contributed by atoms with Gasteiger partial charge >= 0.3 is 0 Å². The summed E-state index contributed by atoms with van der Waals surface area (Å²) < 4.78 is 27.8. The highest BCUT2D eigenvalue weighted by Gasteiger charge is 2.39. The van der Waals surface area contributed by atoms with E-state index in [1.807, 2.05) is 6.92 Å². The first-order valence-electron chi connectivity index (χ1n) is 8.17. The minimum atomic E-state index is -3.77. The van der Waals surface area contributed by atoms with Crippen LogP contribution < -0.4 is 5.32 Å². The second-order valence-corrected chi connectivity index (χ2v) is 9.04. The molecule has 0 aliphatic carbocycles. The van der Waals surface area contributed by atoms with Crippen molar-refractivity contribution < 1.29 is 18.3 Å². The van der Waals surface area contributed by atoms with Crippen LogP contribution >= 0.6 is 15.9 Å². The van der Waals surface area contributed by atoms with Crippen molar-refractivity contribution >= 4 is 37.5 Å². The number of amides is 1. The molecule has 1 heterocycles. The molecule has 0 saturated carbocycles. The number of nitrogens with one attached hydrogen (secondary N) is 1. The van der Waals surface area contributed by atoms with Crippen LogP contribution in [0.1, 0.15) is 18.4 Å². The number of phenols is 1. The Morgan fingerprint density at radius 2 is 1.92 bits per heavy atom. The Bertz CT molecular complexity index is 929. The van der Waals surface area contributed by atoms with Crippen molar-refractivity contribution in [2.24, 2.45) is 0 Å². The zero-order chi connectivity index (χ0) is 18.9. The minimum absolute atomic E-state index is 0.0429. The number of phenolic OH excluding ortho intramolecular Hbond substituents is 1. The fourth-order valence-electron chi connectivity index (χ4n) is 3.00. The largest absolute Gasteiger partial charge is 0.506 e. The number of carbonyl (C=O) groups is 1. The van der Waals surface area contributed by atoms with Crippen molar-refractivity contribution in [3.05, 3.63) is 52.5 Å². The first kappa shape index (κ1) is 18.9. The van der Waals surface area contributed by atoms with Crippen LogP contribution in [0.25, 0.3) is 0 Å². The van der Waals surface area contributed by atoms with E-state index in [1.165, 1.54) is 16.4 Å². The van der Waals surface area contributed by atoms with Gasteiger partial charge in [-0.05, 0) is 61.7 Å². The lowest BCUT2D eigenvalue weighted by molar-refractivity contribution is -0.119. The number of carbonyl (C=O) groups excluding carboxylic acids is 1. The van der Waals surface area contributed by atoms with Crippen molar-refractivity contribution in [3.63, 3.8) is 0 Å². The summed E-state index contributed by atoms with van der Waals surface area (Å²) in [7, 11) is -3.77. The van der Waals surface area contributed by atoms with E-state index in [0.29, 0.717) is 12.8 Å². The summed E-state index contributed by atoms with van der Waals surface area (Å²) in [6.07, 6.45) is 1.04. The van der Waals surface area contributed by atoms with Crippen LogP contribution in [0.15, 0.2) is 51.8 Å². The van der Waals surface area contributed by atoms with Crippen LogP contribution in [0.5, 0.6) is 5.75 Å². The molecule has 3 rings (SSSR count). The smallest absolute Gasteiger partial charge is 0.243 e. The summed E-state index contributed by atoms with van der Waals surface area (Å²) in [5, 5.41) is 12.6. The number of rotatable bonds is 4. The molecule has 0 bridgehead atoms. The van der Waals surface area contributed by atoms with Crippen molar-refractivity contribution in [1.82, 2.24) is 4.31 Å². The van der Waals surface area contributed by atoms with Crippen molar-refractivity contribution in [2.45, 2.75) is 30.7 Å². The van der Waals surface area contributed by atoms with E-state index in [0.717, 1.165) is 10.0 Å². The maximum Gasteiger partial charge on any atom is 0.243 e. The maximum absolute atomic E-state index is 12.9. The topological polar surface area (TPSA) is 86.7 Å². The molecule has 0 aromatic heterocycles. The molecule has 8 heteroatoms. The van der Waals surface area contributed by atoms with Gasteiger partial charge in [0, 0.05) is 11.0 Å². The van der Waals surface area contributed by atoms with Gasteiger partial charge in [0.1, 0.15) is 11.8 Å². The van der Waals surface area contributed by atoms with Crippen LogP contribution in [0, 0.1) is 6.92 Å². The second-order valence-electron chi connectivity index (χ2n) is 6.24. The molecule has 138 valence electrons. The highest BCUT2D eigenvalue weighted by atomic mass is 79.9. The van der Waals surface area contributed by atoms with E-state index in [9.17, 15) is 18.3 Å². The molecule has 1 unspecified atom stereocenters. The summed E-state index contributed by atoms with van der Waals surface area (Å²) in [5.41, 5.74) is 1.13. The monoisotopic (exact) mass is 438 g/mol. The predicted octanol–water partition coefficient (Wildman–Crippen LogP) is 3.25. The van der Waals surface area contributed by atoms with Crippen LogP contribution in [-0.2, 0) is 14.8 Å². The van der Waals surface area contributed by atoms with Gasteiger partial charge in [0.25, 0.3) is 0 Å². The fourth-order valence-corrected chi connectivity index (χ4v) is 4.92. The summed E-state index contributed by atoms with van der Waals surface area (Å²) in [6, 6.07) is 10.4. The number of halogens is 1. The SMILES string of the molecule is Cc1ccc(NC(=O)C2CCCN2S(=O)(=O)c2ccc(Br)cc2)c(O)c1. The van der Waals surface area contributed by atoms with Gasteiger partial charge < -0.3 is 10.4 Å². The molecule has 2 N–H and O–H groups in total. The number of sulfonamides is 1. The molecule has 2 aromatic carbocycles. The first-order valence-corrected chi connectivity index (χ1v) is 10.4. The third-order valence-electron chi connectivity index (χ3n) is 4.34. The Kier molecular flexibility index (Phi) is 5.36. The second kappa shape index (κ2) is 7.38. The van der Waals surface area contributed by atoms with Gasteiger partial charge in [0.2, 0.25) is 15.9 Å². The molecule has 1 saturated heterocycles. The highest BCUT2D eigenvalue weighted by Crippen LogP contribution is 2.29. The summed E-state index contributed by atoms with van der Waals surface area (Å²) >= 11 is 3.28. The number of hydrogen-bond acceptors (Lipinski definition) is 4. The van der Waals surface area contributed by atoms with E-state index in [-0.39, 0.29) is 22.9 Å². The molecule has 1 atom stereocenters. The van der Waals surface area contributed by atoms with Crippen molar-refractivity contribution in [3.8, 4) is 5.75 Å². The van der Waals surface area contributed by atoms with Crippen LogP contribution in [-0.4, -0.2) is 36.3 Å². The van der Waals surface area contributed by atoms with Gasteiger partial charge in [-0.25, -0.2) is 8.42 Å². The number of benzene rings is 2. The van der Waals surface area contributed by atoms with Crippen molar-refractivity contribution in [1.29, 1.82) is 0 Å². The summed E-state index contributed by atoms with van der Waals surface area (Å²) in [5.74, 6) is -0.485. The van der Waals surface area contributed by atoms with Gasteiger partial charge in [-0.3, -0.25) is 4.79 Å². The standard InChI is InChI=1S/C18H19BrN2O4S/c1-12-4-9-15(17(22)11-12)20-18(23)16-3-2-10-21(16)26(24,25)14-7-5-13(19)6-8-14/h4-9,11,16,22H,2-3,10H2,1H3,(H,20,23). The van der Waals surface area contributed by atoms with Gasteiger partial charge in [0.05, 0.1) is 10.6 Å². The number of hydrogen-bond donors (Lipinski definition) is 2. The van der Waals surface area contributed by atoms with Gasteiger partial charge in [-0.1, -0.05) is 22.0 Å². The van der Waals surface area contributed by atoms with E-state index in [2.05, 4.69) is 21.2 Å². The average molecular weight is 439 g/mol. The average Bonchev–Trinajstić information content (AvgIpc) is 3.08. The lowest BCUT2D eigenvalue weighted by atomic mass is 10.2. The maximum atomic E-state index is 12.9. The van der Waals surface area contributed by atoms with Crippen LogP contribution in [0.3, 0.4) is 0 Å². The quantitative estimate of drug-likeness (QED) is 0.717. The molecule has 1 aliphatic rings. The van der Waals surface area contributed by atoms with Gasteiger partial charge in [-0.2, -0.15) is 4.31 Å². The Labute approximate surface area is 161 Å². The van der Waals surface area contributed by atoms with E-state index < -0.39 is 22.0 Å². The van der Waals surface area contributed by atoms with Crippen LogP contribution in [0.2, 0.25) is 0 Å². The van der Waals surface area contributed by atoms with Crippen molar-refractivity contribution in [2.75, 3.05) is 11.9 Å². The van der Waals surface area contributed by atoms with Gasteiger partial charge in [-0.15, -0.1) is 0 Å². The third kappa shape index (κ3) is 3.77. The third-order valence-corrected chi connectivity index (χ3v) is 6.79.